The molecule has 0 spiro atoms. The van der Waals surface area contributed by atoms with E-state index in [0.29, 0.717) is 19.3 Å². The minimum absolute atomic E-state index is 0.0959. The van der Waals surface area contributed by atoms with Crippen molar-refractivity contribution >= 4 is 17.9 Å². The Kier molecular flexibility index (Phi) is 54.0. The van der Waals surface area contributed by atoms with Gasteiger partial charge in [-0.2, -0.15) is 0 Å². The second kappa shape index (κ2) is 57.4. The minimum atomic E-state index is -0.799. The fourth-order valence-electron chi connectivity index (χ4n) is 7.52. The number of rotatable bonds is 50. The molecule has 0 aromatic carbocycles. The number of hydrogen-bond donors (Lipinski definition) is 0. The zero-order valence-electron chi connectivity index (χ0n) is 45.2. The SMILES string of the molecule is CC/C=C\C/C=C\C/C=C\C/C=C\CCCCCCCCC(=O)OCC(COC(=O)CCCCCCCCC/C=C\C/C=C\CC)OC(=O)CCCCCCCC/C=C\C/C=C\C/C=C\C/C=C\CC. The van der Waals surface area contributed by atoms with Crippen LogP contribution in [0.3, 0.4) is 0 Å². The Bertz CT molecular complexity index is 1490. The fraction of sp³-hybridized carbons (Fsp3) is 0.641. The van der Waals surface area contributed by atoms with Gasteiger partial charge in [0.15, 0.2) is 6.10 Å². The second-order valence-corrected chi connectivity index (χ2v) is 18.4. The molecule has 0 rings (SSSR count). The summed E-state index contributed by atoms with van der Waals surface area (Å²) in [6.07, 6.45) is 79.0. The van der Waals surface area contributed by atoms with Crippen molar-refractivity contribution in [3.63, 3.8) is 0 Å². The molecular weight excluding hydrogens is 865 g/mol. The number of unbranched alkanes of at least 4 members (excludes halogenated alkanes) is 19. The van der Waals surface area contributed by atoms with Gasteiger partial charge in [0.2, 0.25) is 0 Å². The maximum Gasteiger partial charge on any atom is 0.306 e. The van der Waals surface area contributed by atoms with Crippen molar-refractivity contribution in [2.45, 2.75) is 252 Å². The first-order chi connectivity index (χ1) is 34.5. The Morgan fingerprint density at radius 1 is 0.286 bits per heavy atom. The van der Waals surface area contributed by atoms with E-state index in [1.54, 1.807) is 0 Å². The number of allylic oxidation sites excluding steroid dienone is 20. The zero-order valence-corrected chi connectivity index (χ0v) is 45.2. The largest absolute Gasteiger partial charge is 0.462 e. The summed E-state index contributed by atoms with van der Waals surface area (Å²) in [7, 11) is 0. The Balaban J connectivity index is 4.46. The summed E-state index contributed by atoms with van der Waals surface area (Å²) in [6, 6.07) is 0. The monoisotopic (exact) mass is 969 g/mol. The number of esters is 3. The third kappa shape index (κ3) is 54.7. The lowest BCUT2D eigenvalue weighted by Gasteiger charge is -2.18. The first kappa shape index (κ1) is 65.8. The molecule has 0 aliphatic carbocycles. The third-order valence-corrected chi connectivity index (χ3v) is 11.7. The standard InChI is InChI=1S/C64H104O6/c1-4-7-10-13-16-19-22-25-28-30-32-34-36-39-42-45-48-51-54-57-63(66)69-60-61(59-68-62(65)56-53-50-47-44-41-38-27-24-21-18-15-12-9-6-3)70-64(67)58-55-52-49-46-43-40-37-35-33-31-29-26-23-20-17-14-11-8-5-2/h7-12,16-21,25-26,28-29,32-35,61H,4-6,13-15,22-24,27,30-31,36-60H2,1-3H3/b10-7-,11-8-,12-9-,19-16-,20-17-,21-18-,28-25-,29-26-,34-32-,35-33-. The van der Waals surface area contributed by atoms with Crippen molar-refractivity contribution in [2.75, 3.05) is 13.2 Å². The molecule has 0 aromatic heterocycles. The Morgan fingerprint density at radius 3 is 0.800 bits per heavy atom. The first-order valence-corrected chi connectivity index (χ1v) is 28.5. The molecule has 0 aliphatic rings. The summed E-state index contributed by atoms with van der Waals surface area (Å²) < 4.78 is 16.8. The summed E-state index contributed by atoms with van der Waals surface area (Å²) in [4.78, 5) is 38.2. The average Bonchev–Trinajstić information content (AvgIpc) is 3.36. The van der Waals surface area contributed by atoms with Crippen molar-refractivity contribution in [1.82, 2.24) is 0 Å². The highest BCUT2D eigenvalue weighted by molar-refractivity contribution is 5.71. The first-order valence-electron chi connectivity index (χ1n) is 28.5. The van der Waals surface area contributed by atoms with Gasteiger partial charge in [0.25, 0.3) is 0 Å². The van der Waals surface area contributed by atoms with E-state index in [0.717, 1.165) is 154 Å². The van der Waals surface area contributed by atoms with Gasteiger partial charge in [-0.1, -0.05) is 226 Å². The third-order valence-electron chi connectivity index (χ3n) is 11.7. The van der Waals surface area contributed by atoms with Crippen LogP contribution in [-0.2, 0) is 28.6 Å². The van der Waals surface area contributed by atoms with Crippen LogP contribution in [0.2, 0.25) is 0 Å². The molecule has 396 valence electrons. The molecule has 6 heteroatoms. The van der Waals surface area contributed by atoms with Gasteiger partial charge < -0.3 is 14.2 Å². The van der Waals surface area contributed by atoms with Crippen LogP contribution in [0.4, 0.5) is 0 Å². The minimum Gasteiger partial charge on any atom is -0.462 e. The molecule has 0 saturated heterocycles. The second-order valence-electron chi connectivity index (χ2n) is 18.4. The van der Waals surface area contributed by atoms with Gasteiger partial charge in [0.05, 0.1) is 0 Å². The molecule has 6 nitrogen and oxygen atoms in total. The van der Waals surface area contributed by atoms with Crippen LogP contribution in [-0.4, -0.2) is 37.2 Å². The summed E-state index contributed by atoms with van der Waals surface area (Å²) in [6.45, 7) is 6.28. The molecular formula is C64H104O6. The number of ether oxygens (including phenoxy) is 3. The molecule has 1 unspecified atom stereocenters. The molecule has 1 atom stereocenters. The van der Waals surface area contributed by atoms with E-state index in [2.05, 4.69) is 142 Å². The van der Waals surface area contributed by atoms with E-state index >= 15 is 0 Å². The number of hydrogen-bond acceptors (Lipinski definition) is 6. The predicted octanol–water partition coefficient (Wildman–Crippen LogP) is 19.3. The quantitative estimate of drug-likeness (QED) is 0.0262. The molecule has 0 saturated carbocycles. The predicted molar refractivity (Wildman–Crippen MR) is 302 cm³/mol. The average molecular weight is 970 g/mol. The normalized spacial score (nSPS) is 13.0. The molecule has 0 N–H and O–H groups in total. The highest BCUT2D eigenvalue weighted by Gasteiger charge is 2.19. The molecule has 0 fully saturated rings. The lowest BCUT2D eigenvalue weighted by molar-refractivity contribution is -0.167. The molecule has 0 aromatic rings. The van der Waals surface area contributed by atoms with Crippen LogP contribution in [0.15, 0.2) is 122 Å². The van der Waals surface area contributed by atoms with Crippen LogP contribution >= 0.6 is 0 Å². The molecule has 0 aliphatic heterocycles. The van der Waals surface area contributed by atoms with Crippen molar-refractivity contribution in [2.24, 2.45) is 0 Å². The maximum atomic E-state index is 12.9. The summed E-state index contributed by atoms with van der Waals surface area (Å²) in [5, 5.41) is 0. The van der Waals surface area contributed by atoms with E-state index in [9.17, 15) is 14.4 Å². The highest BCUT2D eigenvalue weighted by Crippen LogP contribution is 2.14. The highest BCUT2D eigenvalue weighted by atomic mass is 16.6. The van der Waals surface area contributed by atoms with E-state index in [1.165, 1.54) is 51.4 Å². The fourth-order valence-corrected chi connectivity index (χ4v) is 7.52. The van der Waals surface area contributed by atoms with Crippen LogP contribution in [0, 0.1) is 0 Å². The van der Waals surface area contributed by atoms with Gasteiger partial charge in [-0.3, -0.25) is 14.4 Å². The van der Waals surface area contributed by atoms with Crippen molar-refractivity contribution in [3.8, 4) is 0 Å². The number of carbonyl (C=O) groups excluding carboxylic acids is 3. The van der Waals surface area contributed by atoms with Crippen LogP contribution in [0.5, 0.6) is 0 Å². The van der Waals surface area contributed by atoms with Crippen molar-refractivity contribution < 1.29 is 28.6 Å². The lowest BCUT2D eigenvalue weighted by Crippen LogP contribution is -2.30. The smallest absolute Gasteiger partial charge is 0.306 e. The van der Waals surface area contributed by atoms with Gasteiger partial charge in [0.1, 0.15) is 13.2 Å². The summed E-state index contributed by atoms with van der Waals surface area (Å²) in [5.41, 5.74) is 0. The van der Waals surface area contributed by atoms with E-state index in [1.807, 2.05) is 0 Å². The van der Waals surface area contributed by atoms with Gasteiger partial charge >= 0.3 is 17.9 Å². The van der Waals surface area contributed by atoms with Crippen molar-refractivity contribution in [3.05, 3.63) is 122 Å². The van der Waals surface area contributed by atoms with E-state index < -0.39 is 6.10 Å². The number of carbonyl (C=O) groups is 3. The molecule has 70 heavy (non-hydrogen) atoms. The molecule has 0 radical (unpaired) electrons. The van der Waals surface area contributed by atoms with Crippen LogP contribution in [0.25, 0.3) is 0 Å². The van der Waals surface area contributed by atoms with Gasteiger partial charge in [0, 0.05) is 19.3 Å². The molecule has 0 heterocycles. The summed E-state index contributed by atoms with van der Waals surface area (Å²) in [5.74, 6) is -0.933. The zero-order chi connectivity index (χ0) is 50.7. The maximum absolute atomic E-state index is 12.9. The Morgan fingerprint density at radius 2 is 0.514 bits per heavy atom. The van der Waals surface area contributed by atoms with Gasteiger partial charge in [-0.15, -0.1) is 0 Å². The summed E-state index contributed by atoms with van der Waals surface area (Å²) >= 11 is 0. The Hall–Kier alpha value is -4.19. The molecule has 0 amide bonds. The topological polar surface area (TPSA) is 78.9 Å². The lowest BCUT2D eigenvalue weighted by atomic mass is 10.1. The Labute approximate surface area is 431 Å². The van der Waals surface area contributed by atoms with Crippen LogP contribution < -0.4 is 0 Å². The van der Waals surface area contributed by atoms with Gasteiger partial charge in [-0.25, -0.2) is 0 Å². The van der Waals surface area contributed by atoms with Crippen LogP contribution in [0.1, 0.15) is 245 Å². The van der Waals surface area contributed by atoms with Gasteiger partial charge in [-0.05, 0) is 122 Å². The van der Waals surface area contributed by atoms with E-state index in [4.69, 9.17) is 14.2 Å². The van der Waals surface area contributed by atoms with E-state index in [-0.39, 0.29) is 31.1 Å². The van der Waals surface area contributed by atoms with Crippen molar-refractivity contribution in [1.29, 1.82) is 0 Å². The molecule has 0 bridgehead atoms.